The third kappa shape index (κ3) is 3.80. The SMILES string of the molecule is COc1ccc2c(c1)C(=O)C(=O)N2CCC1CCN(Cc2ccccc2)CC1. The molecule has 5 nitrogen and oxygen atoms in total. The Morgan fingerprint density at radius 1 is 1.04 bits per heavy atom. The van der Waals surface area contributed by atoms with Gasteiger partial charge in [0.2, 0.25) is 0 Å². The van der Waals surface area contributed by atoms with Crippen molar-refractivity contribution < 1.29 is 14.3 Å². The Kier molecular flexibility index (Phi) is 5.44. The van der Waals surface area contributed by atoms with Crippen molar-refractivity contribution in [1.29, 1.82) is 0 Å². The maximum atomic E-state index is 12.4. The van der Waals surface area contributed by atoms with Crippen LogP contribution in [0.15, 0.2) is 48.5 Å². The lowest BCUT2D eigenvalue weighted by Gasteiger charge is -2.32. The summed E-state index contributed by atoms with van der Waals surface area (Å²) in [6, 6.07) is 15.9. The quantitative estimate of drug-likeness (QED) is 0.722. The number of hydrogen-bond donors (Lipinski definition) is 0. The van der Waals surface area contributed by atoms with Crippen LogP contribution in [0.1, 0.15) is 35.2 Å². The van der Waals surface area contributed by atoms with E-state index in [1.165, 1.54) is 5.56 Å². The maximum Gasteiger partial charge on any atom is 0.299 e. The van der Waals surface area contributed by atoms with Gasteiger partial charge in [-0.15, -0.1) is 0 Å². The summed E-state index contributed by atoms with van der Waals surface area (Å²) in [7, 11) is 1.56. The molecule has 0 aromatic heterocycles. The Balaban J connectivity index is 1.31. The third-order valence-corrected chi connectivity index (χ3v) is 5.90. The monoisotopic (exact) mass is 378 g/mol. The van der Waals surface area contributed by atoms with Crippen LogP contribution in [0.5, 0.6) is 5.75 Å². The molecule has 0 atom stereocenters. The van der Waals surface area contributed by atoms with Gasteiger partial charge < -0.3 is 9.64 Å². The first-order valence-corrected chi connectivity index (χ1v) is 9.96. The molecule has 1 saturated heterocycles. The number of anilines is 1. The molecule has 2 aliphatic heterocycles. The molecule has 2 aromatic carbocycles. The van der Waals surface area contributed by atoms with E-state index < -0.39 is 11.7 Å². The van der Waals surface area contributed by atoms with E-state index in [9.17, 15) is 9.59 Å². The summed E-state index contributed by atoms with van der Waals surface area (Å²) in [5.41, 5.74) is 2.54. The number of Topliss-reactive ketones (excluding diaryl/α,β-unsaturated/α-hetero) is 1. The standard InChI is InChI=1S/C23H26N2O3/c1-28-19-7-8-21-20(15-19)22(26)23(27)25(21)14-11-17-9-12-24(13-10-17)16-18-5-3-2-4-6-18/h2-8,15,17H,9-14,16H2,1H3. The highest BCUT2D eigenvalue weighted by Crippen LogP contribution is 2.33. The minimum Gasteiger partial charge on any atom is -0.497 e. The van der Waals surface area contributed by atoms with E-state index in [4.69, 9.17) is 4.74 Å². The molecule has 0 saturated carbocycles. The second-order valence-electron chi connectivity index (χ2n) is 7.66. The van der Waals surface area contributed by atoms with Crippen LogP contribution in [-0.2, 0) is 11.3 Å². The summed E-state index contributed by atoms with van der Waals surface area (Å²) < 4.78 is 5.18. The molecule has 2 aromatic rings. The van der Waals surface area contributed by atoms with Crippen molar-refractivity contribution in [1.82, 2.24) is 4.90 Å². The fraction of sp³-hybridized carbons (Fsp3) is 0.391. The van der Waals surface area contributed by atoms with Gasteiger partial charge in [0, 0.05) is 13.1 Å². The van der Waals surface area contributed by atoms with Crippen molar-refractivity contribution in [3.8, 4) is 5.75 Å². The van der Waals surface area contributed by atoms with E-state index in [1.54, 1.807) is 24.1 Å². The number of hydrogen-bond acceptors (Lipinski definition) is 4. The molecule has 146 valence electrons. The van der Waals surface area contributed by atoms with Gasteiger partial charge in [-0.1, -0.05) is 30.3 Å². The number of methoxy groups -OCH3 is 1. The largest absolute Gasteiger partial charge is 0.497 e. The lowest BCUT2D eigenvalue weighted by molar-refractivity contribution is -0.114. The van der Waals surface area contributed by atoms with Gasteiger partial charge in [0.15, 0.2) is 0 Å². The van der Waals surface area contributed by atoms with Crippen LogP contribution in [0.2, 0.25) is 0 Å². The van der Waals surface area contributed by atoms with Crippen molar-refractivity contribution in [2.45, 2.75) is 25.8 Å². The van der Waals surface area contributed by atoms with Gasteiger partial charge in [-0.3, -0.25) is 14.5 Å². The second-order valence-corrected chi connectivity index (χ2v) is 7.66. The zero-order valence-corrected chi connectivity index (χ0v) is 16.3. The molecule has 2 heterocycles. The maximum absolute atomic E-state index is 12.4. The minimum absolute atomic E-state index is 0.412. The number of likely N-dealkylation sites (tertiary alicyclic amines) is 1. The molecule has 4 rings (SSSR count). The Morgan fingerprint density at radius 3 is 2.50 bits per heavy atom. The summed E-state index contributed by atoms with van der Waals surface area (Å²) in [5.74, 6) is 0.362. The molecule has 0 bridgehead atoms. The first-order chi connectivity index (χ1) is 13.7. The number of amides is 1. The fourth-order valence-electron chi connectivity index (χ4n) is 4.22. The molecule has 0 N–H and O–H groups in total. The van der Waals surface area contributed by atoms with Crippen LogP contribution in [0.4, 0.5) is 5.69 Å². The van der Waals surface area contributed by atoms with Crippen LogP contribution >= 0.6 is 0 Å². The second kappa shape index (κ2) is 8.15. The summed E-state index contributed by atoms with van der Waals surface area (Å²) in [6.45, 7) is 3.77. The summed E-state index contributed by atoms with van der Waals surface area (Å²) in [5, 5.41) is 0. The van der Waals surface area contributed by atoms with E-state index in [2.05, 4.69) is 29.2 Å². The number of rotatable bonds is 6. The molecule has 0 aliphatic carbocycles. The van der Waals surface area contributed by atoms with Crippen LogP contribution in [-0.4, -0.2) is 43.3 Å². The van der Waals surface area contributed by atoms with Gasteiger partial charge in [0.25, 0.3) is 11.7 Å². The predicted molar refractivity (Wildman–Crippen MR) is 109 cm³/mol. The molecule has 1 amide bonds. The lowest BCUT2D eigenvalue weighted by Crippen LogP contribution is -2.36. The number of benzene rings is 2. The highest BCUT2D eigenvalue weighted by molar-refractivity contribution is 6.52. The van der Waals surface area contributed by atoms with Gasteiger partial charge >= 0.3 is 0 Å². The van der Waals surface area contributed by atoms with Crippen LogP contribution in [0, 0.1) is 5.92 Å². The van der Waals surface area contributed by atoms with Crippen molar-refractivity contribution in [2.75, 3.05) is 31.6 Å². The summed E-state index contributed by atoms with van der Waals surface area (Å²) >= 11 is 0. The first kappa shape index (κ1) is 18.7. The van der Waals surface area contributed by atoms with Gasteiger partial charge in [-0.25, -0.2) is 0 Å². The van der Waals surface area contributed by atoms with E-state index in [-0.39, 0.29) is 0 Å². The first-order valence-electron chi connectivity index (χ1n) is 9.96. The number of piperidine rings is 1. The number of ketones is 1. The van der Waals surface area contributed by atoms with Crippen LogP contribution in [0.25, 0.3) is 0 Å². The fourth-order valence-corrected chi connectivity index (χ4v) is 4.22. The molecule has 0 radical (unpaired) electrons. The van der Waals surface area contributed by atoms with Gasteiger partial charge in [0.05, 0.1) is 18.4 Å². The van der Waals surface area contributed by atoms with Crippen molar-refractivity contribution in [3.05, 3.63) is 59.7 Å². The highest BCUT2D eigenvalue weighted by Gasteiger charge is 2.36. The van der Waals surface area contributed by atoms with E-state index in [0.717, 1.165) is 44.6 Å². The average molecular weight is 378 g/mol. The molecule has 0 unspecified atom stereocenters. The van der Waals surface area contributed by atoms with E-state index in [1.807, 2.05) is 12.1 Å². The molecular weight excluding hydrogens is 352 g/mol. The smallest absolute Gasteiger partial charge is 0.299 e. The van der Waals surface area contributed by atoms with Crippen LogP contribution in [0.3, 0.4) is 0 Å². The van der Waals surface area contributed by atoms with Crippen molar-refractivity contribution >= 4 is 17.4 Å². The minimum atomic E-state index is -0.424. The highest BCUT2D eigenvalue weighted by atomic mass is 16.5. The van der Waals surface area contributed by atoms with Crippen molar-refractivity contribution in [2.24, 2.45) is 5.92 Å². The van der Waals surface area contributed by atoms with Crippen LogP contribution < -0.4 is 9.64 Å². The average Bonchev–Trinajstić information content (AvgIpc) is 2.98. The number of carbonyl (C=O) groups is 2. The van der Waals surface area contributed by atoms with Gasteiger partial charge in [-0.2, -0.15) is 0 Å². The Bertz CT molecular complexity index is 857. The molecular formula is C23H26N2O3. The van der Waals surface area contributed by atoms with Gasteiger partial charge in [0.1, 0.15) is 5.75 Å². The topological polar surface area (TPSA) is 49.9 Å². The Hall–Kier alpha value is -2.66. The normalized spacial score (nSPS) is 17.8. The number of nitrogens with zero attached hydrogens (tertiary/aromatic N) is 2. The number of fused-ring (bicyclic) bond motifs is 1. The van der Waals surface area contributed by atoms with E-state index in [0.29, 0.717) is 23.8 Å². The van der Waals surface area contributed by atoms with Crippen molar-refractivity contribution in [3.63, 3.8) is 0 Å². The molecule has 0 spiro atoms. The van der Waals surface area contributed by atoms with E-state index >= 15 is 0 Å². The Morgan fingerprint density at radius 2 is 1.79 bits per heavy atom. The molecule has 5 heteroatoms. The summed E-state index contributed by atoms with van der Waals surface area (Å²) in [6.07, 6.45) is 3.21. The molecule has 28 heavy (non-hydrogen) atoms. The van der Waals surface area contributed by atoms with Gasteiger partial charge in [-0.05, 0) is 62.0 Å². The molecule has 1 fully saturated rings. The zero-order chi connectivity index (χ0) is 19.5. The lowest BCUT2D eigenvalue weighted by atomic mass is 9.93. The third-order valence-electron chi connectivity index (χ3n) is 5.90. The zero-order valence-electron chi connectivity index (χ0n) is 16.3. The predicted octanol–water partition coefficient (Wildman–Crippen LogP) is 3.53. The number of ether oxygens (including phenoxy) is 1. The Labute approximate surface area is 165 Å². The number of carbonyl (C=O) groups excluding carboxylic acids is 2. The molecule has 2 aliphatic rings. The summed E-state index contributed by atoms with van der Waals surface area (Å²) in [4.78, 5) is 28.9.